The van der Waals surface area contributed by atoms with E-state index in [0.29, 0.717) is 5.92 Å². The topological polar surface area (TPSA) is 50.1 Å². The van der Waals surface area contributed by atoms with Gasteiger partial charge in [-0.05, 0) is 59.1 Å². The minimum absolute atomic E-state index is 0.504. The average Bonchev–Trinajstić information content (AvgIpc) is 3.10. The number of rotatable bonds is 6. The third-order valence-corrected chi connectivity index (χ3v) is 5.62. The lowest BCUT2D eigenvalue weighted by Gasteiger charge is -2.31. The van der Waals surface area contributed by atoms with Crippen LogP contribution in [0.1, 0.15) is 43.0 Å². The van der Waals surface area contributed by atoms with Crippen LogP contribution in [0, 0.1) is 0 Å². The van der Waals surface area contributed by atoms with Crippen molar-refractivity contribution >= 4 is 10.9 Å². The Morgan fingerprint density at radius 1 is 1.04 bits per heavy atom. The third kappa shape index (κ3) is 4.08. The van der Waals surface area contributed by atoms with Crippen LogP contribution < -0.4 is 0 Å². The van der Waals surface area contributed by atoms with Crippen LogP contribution in [0.4, 0.5) is 0 Å². The number of hydrogen-bond donors (Lipinski definition) is 0. The van der Waals surface area contributed by atoms with Gasteiger partial charge in [0.2, 0.25) is 0 Å². The number of fused-ring (bicyclic) bond motifs is 1. The van der Waals surface area contributed by atoms with Crippen molar-refractivity contribution in [1.29, 1.82) is 0 Å². The molecule has 2 aromatic heterocycles. The first-order chi connectivity index (χ1) is 13.6. The molecule has 6 heteroatoms. The summed E-state index contributed by atoms with van der Waals surface area (Å²) < 4.78 is 2.31. The monoisotopic (exact) mass is 378 g/mol. The molecule has 0 unspecified atom stereocenters. The van der Waals surface area contributed by atoms with Gasteiger partial charge in [0.25, 0.3) is 0 Å². The second kappa shape index (κ2) is 8.37. The molecule has 0 bridgehead atoms. The molecule has 4 rings (SSSR count). The second-order valence-corrected chi connectivity index (χ2v) is 8.00. The van der Waals surface area contributed by atoms with E-state index in [1.54, 1.807) is 0 Å². The molecule has 0 saturated carbocycles. The molecular formula is C22H30N6. The molecule has 0 aliphatic carbocycles. The molecule has 1 saturated heterocycles. The number of likely N-dealkylation sites (tertiary alicyclic amines) is 1. The SMILES string of the molecule is CCn1c(CN(C)C)nnc1C1CCN(Cc2ccc3ccccc3n2)CC1. The fourth-order valence-corrected chi connectivity index (χ4v) is 4.17. The third-order valence-electron chi connectivity index (χ3n) is 5.62. The lowest BCUT2D eigenvalue weighted by atomic mass is 9.95. The van der Waals surface area contributed by atoms with Gasteiger partial charge >= 0.3 is 0 Å². The molecular weight excluding hydrogens is 348 g/mol. The van der Waals surface area contributed by atoms with E-state index in [-0.39, 0.29) is 0 Å². The lowest BCUT2D eigenvalue weighted by molar-refractivity contribution is 0.198. The molecule has 3 aromatic rings. The van der Waals surface area contributed by atoms with Crippen LogP contribution in [0.25, 0.3) is 10.9 Å². The van der Waals surface area contributed by atoms with Gasteiger partial charge in [-0.3, -0.25) is 9.88 Å². The molecule has 0 radical (unpaired) electrons. The molecule has 148 valence electrons. The normalized spacial score (nSPS) is 16.3. The summed E-state index contributed by atoms with van der Waals surface area (Å²) in [5.74, 6) is 2.75. The van der Waals surface area contributed by atoms with Crippen LogP contribution in [-0.4, -0.2) is 56.7 Å². The molecule has 6 nitrogen and oxygen atoms in total. The zero-order chi connectivity index (χ0) is 19.5. The van der Waals surface area contributed by atoms with E-state index in [1.165, 1.54) is 11.2 Å². The Labute approximate surface area is 167 Å². The van der Waals surface area contributed by atoms with Gasteiger partial charge in [0.15, 0.2) is 0 Å². The van der Waals surface area contributed by atoms with Gasteiger partial charge in [0, 0.05) is 24.4 Å². The van der Waals surface area contributed by atoms with E-state index < -0.39 is 0 Å². The largest absolute Gasteiger partial charge is 0.314 e. The zero-order valence-electron chi connectivity index (χ0n) is 17.2. The van der Waals surface area contributed by atoms with Crippen molar-refractivity contribution in [2.24, 2.45) is 0 Å². The number of nitrogens with zero attached hydrogens (tertiary/aromatic N) is 6. The van der Waals surface area contributed by atoms with Crippen molar-refractivity contribution < 1.29 is 0 Å². The van der Waals surface area contributed by atoms with Crippen molar-refractivity contribution in [3.05, 3.63) is 53.7 Å². The van der Waals surface area contributed by atoms with Crippen LogP contribution in [0.5, 0.6) is 0 Å². The first-order valence-electron chi connectivity index (χ1n) is 10.3. The second-order valence-electron chi connectivity index (χ2n) is 8.00. The summed E-state index contributed by atoms with van der Waals surface area (Å²) in [4.78, 5) is 9.50. The lowest BCUT2D eigenvalue weighted by Crippen LogP contribution is -2.33. The molecule has 1 aliphatic heterocycles. The van der Waals surface area contributed by atoms with Crippen LogP contribution in [0.3, 0.4) is 0 Å². The highest BCUT2D eigenvalue weighted by atomic mass is 15.3. The van der Waals surface area contributed by atoms with Crippen LogP contribution in [0.15, 0.2) is 36.4 Å². The molecule has 1 aromatic carbocycles. The maximum atomic E-state index is 4.83. The smallest absolute Gasteiger partial charge is 0.147 e. The van der Waals surface area contributed by atoms with Gasteiger partial charge in [-0.15, -0.1) is 10.2 Å². The van der Waals surface area contributed by atoms with Gasteiger partial charge in [0.05, 0.1) is 17.8 Å². The van der Waals surface area contributed by atoms with Crippen molar-refractivity contribution in [2.75, 3.05) is 27.2 Å². The zero-order valence-corrected chi connectivity index (χ0v) is 17.2. The highest BCUT2D eigenvalue weighted by Gasteiger charge is 2.26. The summed E-state index contributed by atoms with van der Waals surface area (Å²) >= 11 is 0. The highest BCUT2D eigenvalue weighted by molar-refractivity contribution is 5.78. The molecule has 1 aliphatic rings. The summed E-state index contributed by atoms with van der Waals surface area (Å²) in [6, 6.07) is 12.7. The van der Waals surface area contributed by atoms with Crippen molar-refractivity contribution in [3.8, 4) is 0 Å². The Bertz CT molecular complexity index is 924. The predicted octanol–water partition coefficient (Wildman–Crippen LogP) is 3.29. The Hall–Kier alpha value is -2.31. The van der Waals surface area contributed by atoms with Gasteiger partial charge in [0.1, 0.15) is 11.6 Å². The van der Waals surface area contributed by atoms with Crippen molar-refractivity contribution in [1.82, 2.24) is 29.5 Å². The van der Waals surface area contributed by atoms with Crippen LogP contribution in [0.2, 0.25) is 0 Å². The minimum Gasteiger partial charge on any atom is -0.314 e. The van der Waals surface area contributed by atoms with Gasteiger partial charge in [-0.25, -0.2) is 0 Å². The molecule has 3 heterocycles. The van der Waals surface area contributed by atoms with Gasteiger partial charge in [-0.1, -0.05) is 24.3 Å². The van der Waals surface area contributed by atoms with E-state index in [2.05, 4.69) is 82.0 Å². The average molecular weight is 379 g/mol. The van der Waals surface area contributed by atoms with Gasteiger partial charge < -0.3 is 9.47 Å². The minimum atomic E-state index is 0.504. The molecule has 28 heavy (non-hydrogen) atoms. The number of hydrogen-bond acceptors (Lipinski definition) is 5. The molecule has 0 amide bonds. The number of para-hydroxylation sites is 1. The quantitative estimate of drug-likeness (QED) is 0.659. The van der Waals surface area contributed by atoms with Gasteiger partial charge in [-0.2, -0.15) is 0 Å². The fourth-order valence-electron chi connectivity index (χ4n) is 4.17. The Morgan fingerprint density at radius 2 is 1.82 bits per heavy atom. The summed E-state index contributed by atoms with van der Waals surface area (Å²) in [5.41, 5.74) is 2.24. The van der Waals surface area contributed by atoms with E-state index in [4.69, 9.17) is 4.98 Å². The summed E-state index contributed by atoms with van der Waals surface area (Å²) in [5, 5.41) is 10.2. The molecule has 0 N–H and O–H groups in total. The Morgan fingerprint density at radius 3 is 2.57 bits per heavy atom. The molecule has 0 atom stereocenters. The molecule has 0 spiro atoms. The maximum absolute atomic E-state index is 4.83. The Balaban J connectivity index is 1.39. The first kappa shape index (κ1) is 19.0. The fraction of sp³-hybridized carbons (Fsp3) is 0.500. The van der Waals surface area contributed by atoms with E-state index in [1.807, 2.05) is 0 Å². The highest BCUT2D eigenvalue weighted by Crippen LogP contribution is 2.28. The van der Waals surface area contributed by atoms with Crippen molar-refractivity contribution in [2.45, 2.75) is 45.3 Å². The molecule has 1 fully saturated rings. The summed E-state index contributed by atoms with van der Waals surface area (Å²) in [6.07, 6.45) is 2.27. The van der Waals surface area contributed by atoms with Crippen molar-refractivity contribution in [3.63, 3.8) is 0 Å². The van der Waals surface area contributed by atoms with Crippen LogP contribution >= 0.6 is 0 Å². The predicted molar refractivity (Wildman–Crippen MR) is 112 cm³/mol. The number of piperidine rings is 1. The Kier molecular flexibility index (Phi) is 5.69. The summed E-state index contributed by atoms with van der Waals surface area (Å²) in [6.45, 7) is 7.05. The van der Waals surface area contributed by atoms with Crippen LogP contribution in [-0.2, 0) is 19.6 Å². The van der Waals surface area contributed by atoms with E-state index in [9.17, 15) is 0 Å². The standard InChI is InChI=1S/C22H30N6/c1-4-28-21(16-26(2)3)24-25-22(28)18-11-13-27(14-12-18)15-19-10-9-17-7-5-6-8-20(17)23-19/h5-10,18H,4,11-16H2,1-3H3. The first-order valence-corrected chi connectivity index (χ1v) is 10.3. The number of benzene rings is 1. The van der Waals surface area contributed by atoms with E-state index >= 15 is 0 Å². The van der Waals surface area contributed by atoms with E-state index in [0.717, 1.165) is 62.6 Å². The summed E-state index contributed by atoms with van der Waals surface area (Å²) in [7, 11) is 4.15. The number of pyridine rings is 1. The number of aromatic nitrogens is 4. The maximum Gasteiger partial charge on any atom is 0.147 e.